The third-order valence-electron chi connectivity index (χ3n) is 3.93. The smallest absolute Gasteiger partial charge is 0.103 e. The van der Waals surface area contributed by atoms with E-state index in [1.54, 1.807) is 11.3 Å². The van der Waals surface area contributed by atoms with E-state index in [9.17, 15) is 5.11 Å². The number of nitrogens with zero attached hydrogens (tertiary/aromatic N) is 1. The zero-order valence-corrected chi connectivity index (χ0v) is 13.7. The van der Waals surface area contributed by atoms with Gasteiger partial charge < -0.3 is 5.11 Å². The Balaban J connectivity index is 1.52. The molecule has 21 heavy (non-hydrogen) atoms. The number of rotatable bonds is 6. The first-order valence-electron chi connectivity index (χ1n) is 7.59. The molecule has 3 rings (SSSR count). The van der Waals surface area contributed by atoms with Crippen molar-refractivity contribution in [3.63, 3.8) is 0 Å². The van der Waals surface area contributed by atoms with Crippen molar-refractivity contribution in [2.75, 3.05) is 0 Å². The SMILES string of the molecule is OC(Cc1csc(CSC2CCCC2)n1)c1ccccc1. The fourth-order valence-electron chi connectivity index (χ4n) is 2.74. The Hall–Kier alpha value is -0.840. The van der Waals surface area contributed by atoms with Crippen LogP contribution in [0.25, 0.3) is 0 Å². The molecule has 1 atom stereocenters. The van der Waals surface area contributed by atoms with Crippen LogP contribution in [0.2, 0.25) is 0 Å². The van der Waals surface area contributed by atoms with Crippen LogP contribution in [0.15, 0.2) is 35.7 Å². The molecule has 1 aromatic heterocycles. The number of aromatic nitrogens is 1. The second kappa shape index (κ2) is 7.43. The Bertz CT molecular complexity index is 549. The first kappa shape index (κ1) is 15.1. The third kappa shape index (κ3) is 4.31. The first-order chi connectivity index (χ1) is 10.3. The lowest BCUT2D eigenvalue weighted by Crippen LogP contribution is -2.02. The molecular formula is C17H21NOS2. The van der Waals surface area contributed by atoms with Gasteiger partial charge in [-0.25, -0.2) is 4.98 Å². The summed E-state index contributed by atoms with van der Waals surface area (Å²) < 4.78 is 0. The molecule has 0 bridgehead atoms. The van der Waals surface area contributed by atoms with Gasteiger partial charge >= 0.3 is 0 Å². The highest BCUT2D eigenvalue weighted by Crippen LogP contribution is 2.32. The Labute approximate surface area is 134 Å². The number of aliphatic hydroxyl groups excluding tert-OH is 1. The van der Waals surface area contributed by atoms with Crippen molar-refractivity contribution < 1.29 is 5.11 Å². The molecule has 0 spiro atoms. The van der Waals surface area contributed by atoms with Gasteiger partial charge in [0.25, 0.3) is 0 Å². The topological polar surface area (TPSA) is 33.1 Å². The van der Waals surface area contributed by atoms with Crippen molar-refractivity contribution in [3.8, 4) is 0 Å². The van der Waals surface area contributed by atoms with Crippen molar-refractivity contribution in [1.29, 1.82) is 0 Å². The molecule has 0 saturated heterocycles. The first-order valence-corrected chi connectivity index (χ1v) is 9.52. The van der Waals surface area contributed by atoms with Gasteiger partial charge in [-0.3, -0.25) is 0 Å². The number of hydrogen-bond donors (Lipinski definition) is 1. The third-order valence-corrected chi connectivity index (χ3v) is 6.39. The van der Waals surface area contributed by atoms with Crippen molar-refractivity contribution in [2.24, 2.45) is 0 Å². The van der Waals surface area contributed by atoms with Gasteiger partial charge in [0.1, 0.15) is 5.01 Å². The van der Waals surface area contributed by atoms with Gasteiger partial charge in [0.2, 0.25) is 0 Å². The quantitative estimate of drug-likeness (QED) is 0.845. The summed E-state index contributed by atoms with van der Waals surface area (Å²) in [5.74, 6) is 1.02. The van der Waals surface area contributed by atoms with Crippen LogP contribution in [0.3, 0.4) is 0 Å². The van der Waals surface area contributed by atoms with E-state index in [4.69, 9.17) is 0 Å². The minimum absolute atomic E-state index is 0.455. The summed E-state index contributed by atoms with van der Waals surface area (Å²) in [6, 6.07) is 9.83. The van der Waals surface area contributed by atoms with E-state index in [1.165, 1.54) is 30.7 Å². The Morgan fingerprint density at radius 1 is 1.24 bits per heavy atom. The largest absolute Gasteiger partial charge is 0.388 e. The Morgan fingerprint density at radius 3 is 2.76 bits per heavy atom. The predicted molar refractivity (Wildman–Crippen MR) is 90.8 cm³/mol. The van der Waals surface area contributed by atoms with Gasteiger partial charge in [0, 0.05) is 22.8 Å². The molecular weight excluding hydrogens is 298 g/mol. The molecule has 1 unspecified atom stereocenters. The van der Waals surface area contributed by atoms with Crippen molar-refractivity contribution in [1.82, 2.24) is 4.98 Å². The number of hydrogen-bond acceptors (Lipinski definition) is 4. The average Bonchev–Trinajstić information content (AvgIpc) is 3.17. The van der Waals surface area contributed by atoms with E-state index in [0.717, 1.165) is 22.3 Å². The molecule has 1 heterocycles. The highest BCUT2D eigenvalue weighted by molar-refractivity contribution is 7.99. The summed E-state index contributed by atoms with van der Waals surface area (Å²) in [7, 11) is 0. The zero-order chi connectivity index (χ0) is 14.5. The molecule has 1 aromatic carbocycles. The number of benzene rings is 1. The minimum Gasteiger partial charge on any atom is -0.388 e. The van der Waals surface area contributed by atoms with Crippen LogP contribution < -0.4 is 0 Å². The lowest BCUT2D eigenvalue weighted by Gasteiger charge is -2.09. The molecule has 2 aromatic rings. The summed E-state index contributed by atoms with van der Waals surface area (Å²) >= 11 is 3.78. The summed E-state index contributed by atoms with van der Waals surface area (Å²) in [6.07, 6.45) is 5.68. The normalized spacial score (nSPS) is 17.2. The monoisotopic (exact) mass is 319 g/mol. The lowest BCUT2D eigenvalue weighted by atomic mass is 10.1. The highest BCUT2D eigenvalue weighted by Gasteiger charge is 2.16. The standard InChI is InChI=1S/C17H21NOS2/c19-16(13-6-2-1-3-7-13)10-14-11-21-17(18-14)12-20-15-8-4-5-9-15/h1-3,6-7,11,15-16,19H,4-5,8-10,12H2. The van der Waals surface area contributed by atoms with Crippen molar-refractivity contribution in [3.05, 3.63) is 52.0 Å². The van der Waals surface area contributed by atoms with E-state index in [2.05, 4.69) is 22.1 Å². The fourth-order valence-corrected chi connectivity index (χ4v) is 4.92. The van der Waals surface area contributed by atoms with Gasteiger partial charge in [0.05, 0.1) is 11.8 Å². The van der Waals surface area contributed by atoms with Gasteiger partial charge in [-0.05, 0) is 18.4 Å². The molecule has 2 nitrogen and oxygen atoms in total. The summed E-state index contributed by atoms with van der Waals surface area (Å²) in [4.78, 5) is 4.67. The maximum atomic E-state index is 10.2. The zero-order valence-electron chi connectivity index (χ0n) is 12.1. The molecule has 4 heteroatoms. The van der Waals surface area contributed by atoms with Crippen LogP contribution in [0.4, 0.5) is 0 Å². The average molecular weight is 319 g/mol. The fraction of sp³-hybridized carbons (Fsp3) is 0.471. The second-order valence-corrected chi connectivity index (χ2v) is 7.81. The number of thioether (sulfide) groups is 1. The van der Waals surface area contributed by atoms with Gasteiger partial charge in [0.15, 0.2) is 0 Å². The molecule has 1 N–H and O–H groups in total. The molecule has 112 valence electrons. The van der Waals surface area contributed by atoms with Crippen LogP contribution in [0.1, 0.15) is 48.1 Å². The molecule has 1 aliphatic carbocycles. The highest BCUT2D eigenvalue weighted by atomic mass is 32.2. The molecule has 0 aliphatic heterocycles. The molecule has 0 radical (unpaired) electrons. The summed E-state index contributed by atoms with van der Waals surface area (Å²) in [6.45, 7) is 0. The van der Waals surface area contributed by atoms with Crippen molar-refractivity contribution in [2.45, 2.75) is 49.2 Å². The minimum atomic E-state index is -0.455. The van der Waals surface area contributed by atoms with E-state index in [-0.39, 0.29) is 0 Å². The summed E-state index contributed by atoms with van der Waals surface area (Å²) in [5.41, 5.74) is 1.98. The van der Waals surface area contributed by atoms with Crippen LogP contribution in [0.5, 0.6) is 0 Å². The molecule has 1 saturated carbocycles. The van der Waals surface area contributed by atoms with Crippen LogP contribution >= 0.6 is 23.1 Å². The Kier molecular flexibility index (Phi) is 5.33. The Morgan fingerprint density at radius 2 is 2.00 bits per heavy atom. The summed E-state index contributed by atoms with van der Waals surface area (Å²) in [5, 5.41) is 14.4. The predicted octanol–water partition coefficient (Wildman–Crippen LogP) is 4.60. The van der Waals surface area contributed by atoms with E-state index in [1.807, 2.05) is 30.3 Å². The second-order valence-electron chi connectivity index (χ2n) is 5.58. The maximum Gasteiger partial charge on any atom is 0.103 e. The molecule has 1 fully saturated rings. The van der Waals surface area contributed by atoms with Gasteiger partial charge in [-0.1, -0.05) is 43.2 Å². The van der Waals surface area contributed by atoms with Crippen LogP contribution in [-0.4, -0.2) is 15.3 Å². The van der Waals surface area contributed by atoms with E-state index >= 15 is 0 Å². The number of aliphatic hydroxyl groups is 1. The van der Waals surface area contributed by atoms with Crippen LogP contribution in [0, 0.1) is 0 Å². The lowest BCUT2D eigenvalue weighted by molar-refractivity contribution is 0.177. The molecule has 1 aliphatic rings. The van der Waals surface area contributed by atoms with Crippen LogP contribution in [-0.2, 0) is 12.2 Å². The number of thiazole rings is 1. The molecule has 0 amide bonds. The maximum absolute atomic E-state index is 10.2. The van der Waals surface area contributed by atoms with Gasteiger partial charge in [-0.15, -0.1) is 11.3 Å². The van der Waals surface area contributed by atoms with E-state index < -0.39 is 6.10 Å². The van der Waals surface area contributed by atoms with Gasteiger partial charge in [-0.2, -0.15) is 11.8 Å². The van der Waals surface area contributed by atoms with Crippen molar-refractivity contribution >= 4 is 23.1 Å². The van der Waals surface area contributed by atoms with E-state index in [0.29, 0.717) is 6.42 Å².